The Hall–Kier alpha value is -0.650. The van der Waals surface area contributed by atoms with E-state index >= 15 is 0 Å². The molecule has 102 valence electrons. The van der Waals surface area contributed by atoms with Crippen molar-refractivity contribution in [3.05, 3.63) is 10.6 Å². The lowest BCUT2D eigenvalue weighted by Gasteiger charge is -2.23. The number of thiazole rings is 1. The van der Waals surface area contributed by atoms with Crippen molar-refractivity contribution in [1.29, 1.82) is 0 Å². The van der Waals surface area contributed by atoms with Gasteiger partial charge in [0.1, 0.15) is 0 Å². The smallest absolute Gasteiger partial charge is 0.185 e. The molecular weight excluding hydrogens is 246 g/mol. The van der Waals surface area contributed by atoms with Gasteiger partial charge in [-0.2, -0.15) is 0 Å². The van der Waals surface area contributed by atoms with Crippen LogP contribution in [0.4, 0.5) is 5.13 Å². The third kappa shape index (κ3) is 3.02. The SMILES string of the molecule is CNCc1sc(N(C)C(C)C2CC2)nc1COC. The molecule has 1 heterocycles. The average Bonchev–Trinajstić information content (AvgIpc) is 3.13. The first-order valence-electron chi connectivity index (χ1n) is 6.52. The third-order valence-electron chi connectivity index (χ3n) is 3.60. The monoisotopic (exact) mass is 269 g/mol. The van der Waals surface area contributed by atoms with Gasteiger partial charge in [-0.3, -0.25) is 0 Å². The molecule has 1 atom stereocenters. The zero-order valence-electron chi connectivity index (χ0n) is 11.7. The van der Waals surface area contributed by atoms with Crippen LogP contribution in [-0.2, 0) is 17.9 Å². The van der Waals surface area contributed by atoms with Crippen molar-refractivity contribution in [3.63, 3.8) is 0 Å². The highest BCUT2D eigenvalue weighted by atomic mass is 32.1. The number of rotatable bonds is 7. The third-order valence-corrected chi connectivity index (χ3v) is 4.79. The number of hydrogen-bond acceptors (Lipinski definition) is 5. The normalized spacial score (nSPS) is 16.9. The molecule has 0 bridgehead atoms. The lowest BCUT2D eigenvalue weighted by Crippen LogP contribution is -2.30. The average molecular weight is 269 g/mol. The van der Waals surface area contributed by atoms with Crippen molar-refractivity contribution >= 4 is 16.5 Å². The number of anilines is 1. The fraction of sp³-hybridized carbons (Fsp3) is 0.769. The minimum Gasteiger partial charge on any atom is -0.378 e. The summed E-state index contributed by atoms with van der Waals surface area (Å²) in [6.45, 7) is 3.76. The Bertz CT molecular complexity index is 366. The number of nitrogens with one attached hydrogen (secondary N) is 1. The van der Waals surface area contributed by atoms with Crippen LogP contribution in [0.5, 0.6) is 0 Å². The first kappa shape index (κ1) is 13.8. The molecule has 18 heavy (non-hydrogen) atoms. The Morgan fingerprint density at radius 1 is 1.56 bits per heavy atom. The zero-order chi connectivity index (χ0) is 13.1. The van der Waals surface area contributed by atoms with Crippen molar-refractivity contribution < 1.29 is 4.74 Å². The van der Waals surface area contributed by atoms with Gasteiger partial charge in [0.15, 0.2) is 5.13 Å². The molecule has 4 nitrogen and oxygen atoms in total. The number of methoxy groups -OCH3 is 1. The number of aromatic nitrogens is 1. The van der Waals surface area contributed by atoms with E-state index in [1.807, 2.05) is 7.05 Å². The van der Waals surface area contributed by atoms with Crippen molar-refractivity contribution in [2.75, 3.05) is 26.1 Å². The fourth-order valence-corrected chi connectivity index (χ4v) is 3.26. The van der Waals surface area contributed by atoms with Crippen LogP contribution in [0.15, 0.2) is 0 Å². The summed E-state index contributed by atoms with van der Waals surface area (Å²) in [5.74, 6) is 0.859. The Morgan fingerprint density at radius 2 is 2.28 bits per heavy atom. The number of ether oxygens (including phenoxy) is 1. The van der Waals surface area contributed by atoms with Crippen LogP contribution >= 0.6 is 11.3 Å². The van der Waals surface area contributed by atoms with Crippen molar-refractivity contribution in [2.45, 2.75) is 39.0 Å². The van der Waals surface area contributed by atoms with E-state index in [0.29, 0.717) is 12.6 Å². The summed E-state index contributed by atoms with van der Waals surface area (Å²) in [4.78, 5) is 8.33. The quantitative estimate of drug-likeness (QED) is 0.824. The zero-order valence-corrected chi connectivity index (χ0v) is 12.5. The number of nitrogens with zero attached hydrogens (tertiary/aromatic N) is 2. The molecule has 1 aliphatic carbocycles. The highest BCUT2D eigenvalue weighted by Crippen LogP contribution is 2.37. The van der Waals surface area contributed by atoms with Gasteiger partial charge in [-0.1, -0.05) is 0 Å². The first-order chi connectivity index (χ1) is 8.67. The van der Waals surface area contributed by atoms with Crippen LogP contribution in [0, 0.1) is 5.92 Å². The number of hydrogen-bond donors (Lipinski definition) is 1. The van der Waals surface area contributed by atoms with Gasteiger partial charge in [0, 0.05) is 31.6 Å². The van der Waals surface area contributed by atoms with Crippen molar-refractivity contribution in [2.24, 2.45) is 5.92 Å². The second-order valence-corrected chi connectivity index (χ2v) is 6.08. The maximum absolute atomic E-state index is 5.23. The van der Waals surface area contributed by atoms with E-state index in [-0.39, 0.29) is 0 Å². The molecule has 1 N–H and O–H groups in total. The molecule has 0 spiro atoms. The molecule has 0 aromatic carbocycles. The van der Waals surface area contributed by atoms with Crippen LogP contribution in [0.3, 0.4) is 0 Å². The molecule has 0 radical (unpaired) electrons. The highest BCUT2D eigenvalue weighted by Gasteiger charge is 2.31. The minimum absolute atomic E-state index is 0.592. The van der Waals surface area contributed by atoms with E-state index in [1.165, 1.54) is 17.7 Å². The van der Waals surface area contributed by atoms with Gasteiger partial charge in [0.05, 0.1) is 12.3 Å². The molecule has 0 amide bonds. The topological polar surface area (TPSA) is 37.4 Å². The van der Waals surface area contributed by atoms with Crippen molar-refractivity contribution in [3.8, 4) is 0 Å². The van der Waals surface area contributed by atoms with E-state index in [0.717, 1.165) is 23.3 Å². The Kier molecular flexibility index (Phi) is 4.59. The second kappa shape index (κ2) is 5.99. The van der Waals surface area contributed by atoms with Crippen molar-refractivity contribution in [1.82, 2.24) is 10.3 Å². The fourth-order valence-electron chi connectivity index (χ4n) is 2.14. The van der Waals surface area contributed by atoms with Gasteiger partial charge < -0.3 is 15.0 Å². The van der Waals surface area contributed by atoms with Gasteiger partial charge in [-0.25, -0.2) is 4.98 Å². The molecule has 0 aliphatic heterocycles. The maximum Gasteiger partial charge on any atom is 0.185 e. The van der Waals surface area contributed by atoms with Crippen LogP contribution in [0.2, 0.25) is 0 Å². The lowest BCUT2D eigenvalue weighted by atomic mass is 10.2. The van der Waals surface area contributed by atoms with Crippen LogP contribution < -0.4 is 10.2 Å². The summed E-state index contributed by atoms with van der Waals surface area (Å²) in [6, 6.07) is 0.592. The molecule has 1 fully saturated rings. The Labute approximate surface area is 113 Å². The van der Waals surface area contributed by atoms with Crippen LogP contribution in [0.1, 0.15) is 30.3 Å². The molecule has 0 saturated heterocycles. The maximum atomic E-state index is 5.23. The Balaban J connectivity index is 2.13. The molecule has 1 aliphatic rings. The van der Waals surface area contributed by atoms with Gasteiger partial charge in [-0.15, -0.1) is 11.3 Å². The van der Waals surface area contributed by atoms with Gasteiger partial charge in [0.25, 0.3) is 0 Å². The van der Waals surface area contributed by atoms with E-state index in [2.05, 4.69) is 24.2 Å². The summed E-state index contributed by atoms with van der Waals surface area (Å²) in [6.07, 6.45) is 2.73. The van der Waals surface area contributed by atoms with E-state index < -0.39 is 0 Å². The summed E-state index contributed by atoms with van der Waals surface area (Å²) >= 11 is 1.78. The molecule has 5 heteroatoms. The van der Waals surface area contributed by atoms with E-state index in [4.69, 9.17) is 9.72 Å². The summed E-state index contributed by atoms with van der Waals surface area (Å²) in [5, 5.41) is 4.31. The predicted octanol–water partition coefficient (Wildman–Crippen LogP) is 2.24. The predicted molar refractivity (Wildman–Crippen MR) is 76.2 cm³/mol. The summed E-state index contributed by atoms with van der Waals surface area (Å²) < 4.78 is 5.23. The summed E-state index contributed by atoms with van der Waals surface area (Å²) in [7, 11) is 5.84. The minimum atomic E-state index is 0.592. The van der Waals surface area contributed by atoms with Crippen LogP contribution in [0.25, 0.3) is 0 Å². The molecule has 1 aromatic heterocycles. The van der Waals surface area contributed by atoms with Gasteiger partial charge in [0.2, 0.25) is 0 Å². The molecule has 1 saturated carbocycles. The molecule has 1 aromatic rings. The molecular formula is C13H23N3OS. The van der Waals surface area contributed by atoms with E-state index in [9.17, 15) is 0 Å². The standard InChI is InChI=1S/C13H23N3OS/c1-9(10-5-6-10)16(3)13-15-11(8-17-4)12(18-13)7-14-2/h9-10,14H,5-8H2,1-4H3. The van der Waals surface area contributed by atoms with Gasteiger partial charge in [-0.05, 0) is 32.7 Å². The van der Waals surface area contributed by atoms with E-state index in [1.54, 1.807) is 18.4 Å². The first-order valence-corrected chi connectivity index (χ1v) is 7.34. The second-order valence-electron chi connectivity index (χ2n) is 5.02. The largest absolute Gasteiger partial charge is 0.378 e. The van der Waals surface area contributed by atoms with Gasteiger partial charge >= 0.3 is 0 Å². The lowest BCUT2D eigenvalue weighted by molar-refractivity contribution is 0.181. The molecule has 1 unspecified atom stereocenters. The molecule has 2 rings (SSSR count). The summed E-state index contributed by atoms with van der Waals surface area (Å²) in [5.41, 5.74) is 1.07. The highest BCUT2D eigenvalue weighted by molar-refractivity contribution is 7.15. The van der Waals surface area contributed by atoms with Crippen LogP contribution in [-0.4, -0.2) is 32.2 Å². The Morgan fingerprint density at radius 3 is 2.83 bits per heavy atom.